The molecule has 1 saturated carbocycles. The van der Waals surface area contributed by atoms with Crippen LogP contribution in [0.5, 0.6) is 0 Å². The van der Waals surface area contributed by atoms with Gasteiger partial charge in [-0.2, -0.15) is 0 Å². The minimum Gasteiger partial charge on any atom is -0.314 e. The van der Waals surface area contributed by atoms with E-state index in [1.807, 2.05) is 6.07 Å². The van der Waals surface area contributed by atoms with Crippen molar-refractivity contribution in [1.29, 1.82) is 0 Å². The summed E-state index contributed by atoms with van der Waals surface area (Å²) in [5, 5.41) is 4.13. The first-order valence-corrected chi connectivity index (χ1v) is 7.65. The fourth-order valence-electron chi connectivity index (χ4n) is 3.21. The van der Waals surface area contributed by atoms with Crippen molar-refractivity contribution in [2.24, 2.45) is 11.8 Å². The maximum atomic E-state index is 13.1. The highest BCUT2D eigenvalue weighted by atomic mass is 35.5. The van der Waals surface area contributed by atoms with Crippen LogP contribution >= 0.6 is 11.6 Å². The molecule has 3 atom stereocenters. The van der Waals surface area contributed by atoms with E-state index in [-0.39, 0.29) is 5.82 Å². The average Bonchev–Trinajstić information content (AvgIpc) is 2.78. The van der Waals surface area contributed by atoms with Gasteiger partial charge < -0.3 is 5.32 Å². The fourth-order valence-corrected chi connectivity index (χ4v) is 3.45. The lowest BCUT2D eigenvalue weighted by molar-refractivity contribution is 0.354. The van der Waals surface area contributed by atoms with E-state index in [1.54, 1.807) is 0 Å². The second kappa shape index (κ2) is 6.71. The largest absolute Gasteiger partial charge is 0.314 e. The Kier molecular flexibility index (Phi) is 5.23. The Bertz CT molecular complexity index is 421. The standard InChI is InChI=1S/C16H23ClFN/c1-3-19-16(13-5-4-11(2)8-13)9-12-6-7-14(18)10-15(12)17/h6-7,10-11,13,16,19H,3-5,8-9H2,1-2H3. The molecule has 0 heterocycles. The monoisotopic (exact) mass is 283 g/mol. The predicted octanol–water partition coefficient (Wildman–Crippen LogP) is 4.44. The molecule has 0 amide bonds. The Morgan fingerprint density at radius 1 is 1.42 bits per heavy atom. The predicted molar refractivity (Wildman–Crippen MR) is 79.1 cm³/mol. The molecule has 19 heavy (non-hydrogen) atoms. The molecule has 0 bridgehead atoms. The van der Waals surface area contributed by atoms with Crippen molar-refractivity contribution in [3.05, 3.63) is 34.6 Å². The van der Waals surface area contributed by atoms with Crippen molar-refractivity contribution in [3.8, 4) is 0 Å². The van der Waals surface area contributed by atoms with Crippen molar-refractivity contribution >= 4 is 11.6 Å². The maximum Gasteiger partial charge on any atom is 0.124 e. The molecule has 1 N–H and O–H groups in total. The van der Waals surface area contributed by atoms with Gasteiger partial charge in [0.25, 0.3) is 0 Å². The van der Waals surface area contributed by atoms with Gasteiger partial charge in [-0.3, -0.25) is 0 Å². The Labute approximate surface area is 120 Å². The van der Waals surface area contributed by atoms with Crippen LogP contribution in [0.3, 0.4) is 0 Å². The van der Waals surface area contributed by atoms with Crippen LogP contribution in [0.15, 0.2) is 18.2 Å². The first-order chi connectivity index (χ1) is 9.10. The summed E-state index contributed by atoms with van der Waals surface area (Å²) in [7, 11) is 0. The van der Waals surface area contributed by atoms with Crippen LogP contribution in [0.1, 0.15) is 38.7 Å². The Morgan fingerprint density at radius 3 is 2.79 bits per heavy atom. The molecule has 1 nitrogen and oxygen atoms in total. The van der Waals surface area contributed by atoms with Crippen LogP contribution in [0.4, 0.5) is 4.39 Å². The number of hydrogen-bond acceptors (Lipinski definition) is 1. The van der Waals surface area contributed by atoms with Gasteiger partial charge in [-0.15, -0.1) is 0 Å². The molecule has 0 aliphatic heterocycles. The van der Waals surface area contributed by atoms with Gasteiger partial charge in [-0.05, 0) is 55.3 Å². The Morgan fingerprint density at radius 2 is 2.21 bits per heavy atom. The summed E-state index contributed by atoms with van der Waals surface area (Å²) in [5.41, 5.74) is 1.05. The summed E-state index contributed by atoms with van der Waals surface area (Å²) < 4.78 is 13.1. The van der Waals surface area contributed by atoms with E-state index < -0.39 is 0 Å². The summed E-state index contributed by atoms with van der Waals surface area (Å²) >= 11 is 6.14. The smallest absolute Gasteiger partial charge is 0.124 e. The van der Waals surface area contributed by atoms with Crippen LogP contribution in [0.2, 0.25) is 5.02 Å². The lowest BCUT2D eigenvalue weighted by atomic mass is 9.91. The molecule has 106 valence electrons. The Hall–Kier alpha value is -0.600. The molecule has 1 aromatic rings. The van der Waals surface area contributed by atoms with Crippen LogP contribution in [-0.4, -0.2) is 12.6 Å². The highest BCUT2D eigenvalue weighted by Gasteiger charge is 2.28. The van der Waals surface area contributed by atoms with Crippen LogP contribution in [0, 0.1) is 17.7 Å². The van der Waals surface area contributed by atoms with E-state index in [4.69, 9.17) is 11.6 Å². The minimum absolute atomic E-state index is 0.261. The van der Waals surface area contributed by atoms with Gasteiger partial charge in [0.05, 0.1) is 0 Å². The maximum absolute atomic E-state index is 13.1. The number of nitrogens with one attached hydrogen (secondary N) is 1. The third kappa shape index (κ3) is 3.93. The summed E-state index contributed by atoms with van der Waals surface area (Å²) in [6.07, 6.45) is 4.79. The summed E-state index contributed by atoms with van der Waals surface area (Å²) in [6.45, 7) is 5.43. The van der Waals surface area contributed by atoms with Crippen molar-refractivity contribution < 1.29 is 4.39 Å². The molecule has 0 spiro atoms. The van der Waals surface area contributed by atoms with Gasteiger partial charge >= 0.3 is 0 Å². The fraction of sp³-hybridized carbons (Fsp3) is 0.625. The number of likely N-dealkylation sites (N-methyl/N-ethyl adjacent to an activating group) is 1. The topological polar surface area (TPSA) is 12.0 Å². The highest BCUT2D eigenvalue weighted by molar-refractivity contribution is 6.31. The van der Waals surface area contributed by atoms with Gasteiger partial charge in [0.15, 0.2) is 0 Å². The van der Waals surface area contributed by atoms with E-state index in [0.717, 1.165) is 30.4 Å². The summed E-state index contributed by atoms with van der Waals surface area (Å²) in [6, 6.07) is 5.19. The van der Waals surface area contributed by atoms with Crippen LogP contribution in [0.25, 0.3) is 0 Å². The molecule has 1 aliphatic carbocycles. The second-order valence-corrected chi connectivity index (χ2v) is 6.19. The zero-order chi connectivity index (χ0) is 13.8. The molecule has 0 aromatic heterocycles. The molecule has 1 aromatic carbocycles. The van der Waals surface area contributed by atoms with Crippen molar-refractivity contribution in [2.75, 3.05) is 6.54 Å². The summed E-state index contributed by atoms with van der Waals surface area (Å²) in [5.74, 6) is 1.29. The lowest BCUT2D eigenvalue weighted by Crippen LogP contribution is -2.37. The van der Waals surface area contributed by atoms with Crippen LogP contribution < -0.4 is 5.32 Å². The molecule has 3 heteroatoms. The SMILES string of the molecule is CCNC(Cc1ccc(F)cc1Cl)C1CCC(C)C1. The Balaban J connectivity index is 2.07. The molecule has 2 rings (SSSR count). The van der Waals surface area contributed by atoms with Crippen LogP contribution in [-0.2, 0) is 6.42 Å². The average molecular weight is 284 g/mol. The summed E-state index contributed by atoms with van der Waals surface area (Å²) in [4.78, 5) is 0. The zero-order valence-electron chi connectivity index (χ0n) is 11.8. The molecular formula is C16H23ClFN. The van der Waals surface area contributed by atoms with E-state index in [2.05, 4.69) is 19.2 Å². The third-order valence-corrected chi connectivity index (χ3v) is 4.58. The molecule has 1 fully saturated rings. The molecule has 0 saturated heterocycles. The molecule has 1 aliphatic rings. The van der Waals surface area contributed by atoms with E-state index >= 15 is 0 Å². The van der Waals surface area contributed by atoms with Crippen molar-refractivity contribution in [1.82, 2.24) is 5.32 Å². The number of hydrogen-bond donors (Lipinski definition) is 1. The van der Waals surface area contributed by atoms with Gasteiger partial charge in [0, 0.05) is 11.1 Å². The van der Waals surface area contributed by atoms with Gasteiger partial charge in [0.1, 0.15) is 5.82 Å². The van der Waals surface area contributed by atoms with E-state index in [0.29, 0.717) is 11.1 Å². The lowest BCUT2D eigenvalue weighted by Gasteiger charge is -2.25. The zero-order valence-corrected chi connectivity index (χ0v) is 12.5. The molecule has 3 unspecified atom stereocenters. The molecule has 0 radical (unpaired) electrons. The van der Waals surface area contributed by atoms with E-state index in [1.165, 1.54) is 31.4 Å². The van der Waals surface area contributed by atoms with Crippen molar-refractivity contribution in [2.45, 2.75) is 45.6 Å². The quantitative estimate of drug-likeness (QED) is 0.843. The number of rotatable bonds is 5. The van der Waals surface area contributed by atoms with E-state index in [9.17, 15) is 4.39 Å². The number of benzene rings is 1. The normalized spacial score (nSPS) is 24.6. The first-order valence-electron chi connectivity index (χ1n) is 7.27. The molecular weight excluding hydrogens is 261 g/mol. The van der Waals surface area contributed by atoms with Gasteiger partial charge in [0.2, 0.25) is 0 Å². The number of halogens is 2. The first kappa shape index (κ1) is 14.8. The van der Waals surface area contributed by atoms with Crippen molar-refractivity contribution in [3.63, 3.8) is 0 Å². The van der Waals surface area contributed by atoms with Gasteiger partial charge in [-0.25, -0.2) is 4.39 Å². The highest BCUT2D eigenvalue weighted by Crippen LogP contribution is 2.34. The third-order valence-electron chi connectivity index (χ3n) is 4.23. The van der Waals surface area contributed by atoms with Gasteiger partial charge in [-0.1, -0.05) is 37.9 Å². The second-order valence-electron chi connectivity index (χ2n) is 5.78. The minimum atomic E-state index is -0.261.